The predicted octanol–water partition coefficient (Wildman–Crippen LogP) is 4.95. The Morgan fingerprint density at radius 2 is 1.75 bits per heavy atom. The molecule has 2 heterocycles. The predicted molar refractivity (Wildman–Crippen MR) is 151 cm³/mol. The van der Waals surface area contributed by atoms with Gasteiger partial charge < -0.3 is 15.0 Å². The number of esters is 1. The number of rotatable bonds is 9. The Hall–Kier alpha value is -4.50. The van der Waals surface area contributed by atoms with Crippen LogP contribution in [0.3, 0.4) is 0 Å². The van der Waals surface area contributed by atoms with Crippen LogP contribution in [0.4, 0.5) is 5.69 Å². The van der Waals surface area contributed by atoms with Gasteiger partial charge >= 0.3 is 5.97 Å². The summed E-state index contributed by atoms with van der Waals surface area (Å²) in [6.07, 6.45) is 1.10. The van der Waals surface area contributed by atoms with E-state index < -0.39 is 29.0 Å². The molecule has 4 aromatic rings. The molecule has 9 heteroatoms. The molecule has 1 aliphatic rings. The van der Waals surface area contributed by atoms with Gasteiger partial charge in [0.05, 0.1) is 17.0 Å². The molecule has 3 N–H and O–H groups in total. The minimum Gasteiger partial charge on any atom is -0.459 e. The van der Waals surface area contributed by atoms with E-state index >= 15 is 0 Å². The van der Waals surface area contributed by atoms with Crippen molar-refractivity contribution in [1.29, 1.82) is 0 Å². The molecule has 0 fully saturated rings. The maximum atomic E-state index is 13.7. The first-order valence-electron chi connectivity index (χ1n) is 13.5. The fourth-order valence-electron chi connectivity index (χ4n) is 5.20. The fraction of sp³-hybridized carbons (Fsp3) is 0.290. The third kappa shape index (κ3) is 5.60. The summed E-state index contributed by atoms with van der Waals surface area (Å²) in [5.41, 5.74) is 4.53. The number of carbonyl (C=O) groups is 2. The van der Waals surface area contributed by atoms with E-state index in [0.29, 0.717) is 12.8 Å². The van der Waals surface area contributed by atoms with Gasteiger partial charge in [-0.3, -0.25) is 20.2 Å². The number of para-hydroxylation sites is 1. The van der Waals surface area contributed by atoms with Crippen LogP contribution in [0.2, 0.25) is 0 Å². The average molecular weight is 541 g/mol. The highest BCUT2D eigenvalue weighted by Gasteiger charge is 2.36. The number of hydrogen-bond donors (Lipinski definition) is 3. The molecule has 1 aliphatic heterocycles. The summed E-state index contributed by atoms with van der Waals surface area (Å²) in [6, 6.07) is 21.8. The van der Waals surface area contributed by atoms with Crippen LogP contribution in [0.1, 0.15) is 48.7 Å². The first kappa shape index (κ1) is 27.1. The second kappa shape index (κ2) is 11.7. The van der Waals surface area contributed by atoms with Crippen LogP contribution in [-0.4, -0.2) is 33.9 Å². The average Bonchev–Trinajstić information content (AvgIpc) is 3.37. The number of nitrogens with one attached hydrogen (secondary N) is 3. The Morgan fingerprint density at radius 3 is 2.45 bits per heavy atom. The zero-order valence-corrected chi connectivity index (χ0v) is 22.4. The lowest BCUT2D eigenvalue weighted by molar-refractivity contribution is -0.384. The fourth-order valence-corrected chi connectivity index (χ4v) is 5.20. The summed E-state index contributed by atoms with van der Waals surface area (Å²) in [5.74, 6) is -0.906. The molecule has 1 aromatic heterocycles. The third-order valence-corrected chi connectivity index (χ3v) is 7.65. The molecule has 1 unspecified atom stereocenters. The second-order valence-corrected chi connectivity index (χ2v) is 10.2. The number of ether oxygens (including phenoxy) is 1. The van der Waals surface area contributed by atoms with Gasteiger partial charge in [-0.25, -0.2) is 4.79 Å². The Balaban J connectivity index is 1.40. The number of aromatic nitrogens is 1. The molecule has 0 radical (unpaired) electrons. The highest BCUT2D eigenvalue weighted by molar-refractivity contribution is 5.91. The van der Waals surface area contributed by atoms with E-state index in [-0.39, 0.29) is 24.1 Å². The lowest BCUT2D eigenvalue weighted by Gasteiger charge is -2.32. The Bertz CT molecular complexity index is 1520. The Morgan fingerprint density at radius 1 is 1.05 bits per heavy atom. The summed E-state index contributed by atoms with van der Waals surface area (Å²) in [6.45, 7) is 4.02. The van der Waals surface area contributed by atoms with E-state index in [1.807, 2.05) is 68.4 Å². The van der Waals surface area contributed by atoms with Crippen molar-refractivity contribution in [3.05, 3.63) is 111 Å². The lowest BCUT2D eigenvalue weighted by atomic mass is 9.89. The van der Waals surface area contributed by atoms with Crippen molar-refractivity contribution in [3.8, 4) is 0 Å². The molecule has 4 atom stereocenters. The number of non-ortho nitro benzene ring substituents is 1. The number of nitrogens with zero attached hydrogens (tertiary/aromatic N) is 1. The molecular formula is C31H32N4O5. The molecule has 0 saturated carbocycles. The SMILES string of the molecule is CC[C@H](C)[C@H](NC(=O)C1Cc2c([nH]c3ccccc23)[C@@H](c2ccc([N+](=O)[O-])cc2)N1)C(=O)OCc1ccccc1. The van der Waals surface area contributed by atoms with Crippen molar-refractivity contribution in [3.63, 3.8) is 0 Å². The number of carbonyl (C=O) groups excluding carboxylic acids is 2. The summed E-state index contributed by atoms with van der Waals surface area (Å²) < 4.78 is 5.59. The quantitative estimate of drug-likeness (QED) is 0.157. The zero-order valence-electron chi connectivity index (χ0n) is 22.4. The molecule has 0 spiro atoms. The normalized spacial score (nSPS) is 17.9. The Labute approximate surface area is 232 Å². The van der Waals surface area contributed by atoms with Gasteiger partial charge in [-0.05, 0) is 35.1 Å². The van der Waals surface area contributed by atoms with Crippen LogP contribution in [0.25, 0.3) is 10.9 Å². The number of hydrogen-bond acceptors (Lipinski definition) is 6. The minimum absolute atomic E-state index is 0.00358. The van der Waals surface area contributed by atoms with Crippen LogP contribution >= 0.6 is 0 Å². The Kier molecular flexibility index (Phi) is 7.93. The van der Waals surface area contributed by atoms with Crippen molar-refractivity contribution in [2.75, 3.05) is 0 Å². The van der Waals surface area contributed by atoms with E-state index in [4.69, 9.17) is 4.74 Å². The summed E-state index contributed by atoms with van der Waals surface area (Å²) in [4.78, 5) is 41.1. The monoisotopic (exact) mass is 540 g/mol. The van der Waals surface area contributed by atoms with E-state index in [9.17, 15) is 19.7 Å². The summed E-state index contributed by atoms with van der Waals surface area (Å²) in [5, 5.41) is 18.6. The van der Waals surface area contributed by atoms with Crippen LogP contribution in [-0.2, 0) is 27.4 Å². The van der Waals surface area contributed by atoms with Gasteiger partial charge in [0.1, 0.15) is 12.6 Å². The maximum Gasteiger partial charge on any atom is 0.329 e. The van der Waals surface area contributed by atoms with Gasteiger partial charge in [0.15, 0.2) is 0 Å². The number of aromatic amines is 1. The van der Waals surface area contributed by atoms with Crippen LogP contribution in [0.15, 0.2) is 78.9 Å². The summed E-state index contributed by atoms with van der Waals surface area (Å²) in [7, 11) is 0. The first-order chi connectivity index (χ1) is 19.4. The number of nitro benzene ring substituents is 1. The number of benzene rings is 3. The van der Waals surface area contributed by atoms with Crippen LogP contribution in [0.5, 0.6) is 0 Å². The van der Waals surface area contributed by atoms with Gasteiger partial charge in [0.25, 0.3) is 5.69 Å². The van der Waals surface area contributed by atoms with E-state index in [1.165, 1.54) is 12.1 Å². The van der Waals surface area contributed by atoms with Crippen molar-refractivity contribution >= 4 is 28.5 Å². The van der Waals surface area contributed by atoms with Crippen molar-refractivity contribution < 1.29 is 19.2 Å². The first-order valence-corrected chi connectivity index (χ1v) is 13.5. The van der Waals surface area contributed by atoms with Gasteiger partial charge in [-0.1, -0.05) is 80.9 Å². The highest BCUT2D eigenvalue weighted by Crippen LogP contribution is 2.35. The zero-order chi connectivity index (χ0) is 28.2. The molecule has 0 saturated heterocycles. The molecule has 9 nitrogen and oxygen atoms in total. The molecular weight excluding hydrogens is 508 g/mol. The van der Waals surface area contributed by atoms with Gasteiger partial charge in [-0.2, -0.15) is 0 Å². The number of H-pyrrole nitrogens is 1. The molecule has 0 bridgehead atoms. The number of nitro groups is 1. The molecule has 0 aliphatic carbocycles. The van der Waals surface area contributed by atoms with Gasteiger partial charge in [-0.15, -0.1) is 0 Å². The maximum absolute atomic E-state index is 13.7. The van der Waals surface area contributed by atoms with Gasteiger partial charge in [0.2, 0.25) is 5.91 Å². The molecule has 5 rings (SSSR count). The summed E-state index contributed by atoms with van der Waals surface area (Å²) >= 11 is 0. The highest BCUT2D eigenvalue weighted by atomic mass is 16.6. The second-order valence-electron chi connectivity index (χ2n) is 10.2. The van der Waals surface area contributed by atoms with Gasteiger partial charge in [0, 0.05) is 28.7 Å². The van der Waals surface area contributed by atoms with Crippen LogP contribution in [0, 0.1) is 16.0 Å². The molecule has 1 amide bonds. The van der Waals surface area contributed by atoms with Crippen molar-refractivity contribution in [2.45, 2.75) is 51.4 Å². The molecule has 3 aromatic carbocycles. The van der Waals surface area contributed by atoms with Crippen LogP contribution < -0.4 is 10.6 Å². The largest absolute Gasteiger partial charge is 0.459 e. The van der Waals surface area contributed by atoms with Crippen molar-refractivity contribution in [1.82, 2.24) is 15.6 Å². The number of fused-ring (bicyclic) bond motifs is 3. The molecule has 206 valence electrons. The standard InChI is InChI=1S/C31H32N4O5/c1-3-19(2)27(31(37)40-18-20-9-5-4-6-10-20)34-30(36)26-17-24-23-11-7-8-12-25(23)32-29(24)28(33-26)21-13-15-22(16-14-21)35(38)39/h4-16,19,26-28,32-33H,3,17-18H2,1-2H3,(H,34,36)/t19-,26?,27-,28+/m0/s1. The van der Waals surface area contributed by atoms with E-state index in [0.717, 1.165) is 33.3 Å². The third-order valence-electron chi connectivity index (χ3n) is 7.65. The lowest BCUT2D eigenvalue weighted by Crippen LogP contribution is -2.55. The van der Waals surface area contributed by atoms with Crippen molar-refractivity contribution in [2.24, 2.45) is 5.92 Å². The van der Waals surface area contributed by atoms with E-state index in [2.05, 4.69) is 15.6 Å². The number of amides is 1. The smallest absolute Gasteiger partial charge is 0.329 e. The minimum atomic E-state index is -0.801. The van der Waals surface area contributed by atoms with E-state index in [1.54, 1.807) is 12.1 Å². The molecule has 40 heavy (non-hydrogen) atoms. The topological polar surface area (TPSA) is 126 Å².